The molecule has 1 aromatic rings. The van der Waals surface area contributed by atoms with E-state index in [4.69, 9.17) is 4.52 Å². The van der Waals surface area contributed by atoms with Crippen LogP contribution >= 0.6 is 0 Å². The van der Waals surface area contributed by atoms with E-state index in [1.807, 2.05) is 0 Å². The van der Waals surface area contributed by atoms with E-state index in [0.717, 1.165) is 12.8 Å². The molecule has 2 N–H and O–H groups in total. The molecule has 1 amide bonds. The van der Waals surface area contributed by atoms with E-state index >= 15 is 0 Å². The number of hydrogen-bond donors (Lipinski definition) is 2. The van der Waals surface area contributed by atoms with Gasteiger partial charge >= 0.3 is 0 Å². The minimum Gasteiger partial charge on any atom is -0.502 e. The number of nitrogens with one attached hydrogen (secondary N) is 1. The van der Waals surface area contributed by atoms with E-state index in [2.05, 4.69) is 17.4 Å². The maximum absolute atomic E-state index is 11.7. The molecule has 0 saturated heterocycles. The fourth-order valence-electron chi connectivity index (χ4n) is 3.15. The summed E-state index contributed by atoms with van der Waals surface area (Å²) in [5.74, 6) is 0.323. The standard InChI is InChI=1S/C21H39N3O3/c1-4-5-6-7-8-9-10-11-12-13-14-15-16-18-20(26)21(23-27-18)22-19(25)17-24(2)3/h26H,4-17H2,1-3H3,(H,22,23,25). The zero-order valence-corrected chi connectivity index (χ0v) is 17.6. The van der Waals surface area contributed by atoms with Crippen molar-refractivity contribution in [2.24, 2.45) is 0 Å². The minimum absolute atomic E-state index is 0.0369. The molecule has 0 atom stereocenters. The second-order valence-electron chi connectivity index (χ2n) is 7.73. The van der Waals surface area contributed by atoms with Crippen LogP contribution in [0.2, 0.25) is 0 Å². The summed E-state index contributed by atoms with van der Waals surface area (Å²) in [6.45, 7) is 2.49. The minimum atomic E-state index is -0.222. The molecule has 0 saturated carbocycles. The zero-order chi connectivity index (χ0) is 19.9. The Balaban J connectivity index is 2.06. The highest BCUT2D eigenvalue weighted by Crippen LogP contribution is 2.28. The van der Waals surface area contributed by atoms with Crippen LogP contribution in [0.15, 0.2) is 4.52 Å². The van der Waals surface area contributed by atoms with E-state index < -0.39 is 0 Å². The molecule has 0 unspecified atom stereocenters. The van der Waals surface area contributed by atoms with Gasteiger partial charge in [0.05, 0.1) is 6.54 Å². The number of nitrogens with zero attached hydrogens (tertiary/aromatic N) is 2. The molecule has 1 rings (SSSR count). The van der Waals surface area contributed by atoms with Gasteiger partial charge in [0, 0.05) is 6.42 Å². The molecule has 0 fully saturated rings. The first-order chi connectivity index (χ1) is 13.0. The molecule has 0 aliphatic carbocycles. The Morgan fingerprint density at radius 2 is 1.48 bits per heavy atom. The number of likely N-dealkylation sites (N-methyl/N-ethyl adjacent to an activating group) is 1. The Kier molecular flexibility index (Phi) is 12.6. The van der Waals surface area contributed by atoms with Gasteiger partial charge in [-0.2, -0.15) is 0 Å². The van der Waals surface area contributed by atoms with Gasteiger partial charge in [0.1, 0.15) is 0 Å². The lowest BCUT2D eigenvalue weighted by molar-refractivity contribution is -0.116. The third-order valence-corrected chi connectivity index (χ3v) is 4.71. The summed E-state index contributed by atoms with van der Waals surface area (Å²) in [4.78, 5) is 13.5. The van der Waals surface area contributed by atoms with Crippen LogP contribution in [0.25, 0.3) is 0 Å². The number of anilines is 1. The first-order valence-corrected chi connectivity index (χ1v) is 10.7. The van der Waals surface area contributed by atoms with Gasteiger partial charge in [-0.3, -0.25) is 4.79 Å². The van der Waals surface area contributed by atoms with Crippen LogP contribution < -0.4 is 5.32 Å². The molecular weight excluding hydrogens is 342 g/mol. The summed E-state index contributed by atoms with van der Waals surface area (Å²) in [5, 5.41) is 16.4. The summed E-state index contributed by atoms with van der Waals surface area (Å²) >= 11 is 0. The van der Waals surface area contributed by atoms with Crippen molar-refractivity contribution in [1.29, 1.82) is 0 Å². The van der Waals surface area contributed by atoms with Crippen LogP contribution in [-0.2, 0) is 11.2 Å². The van der Waals surface area contributed by atoms with Crippen LogP contribution in [0.4, 0.5) is 5.82 Å². The highest BCUT2D eigenvalue weighted by atomic mass is 16.5. The van der Waals surface area contributed by atoms with Crippen LogP contribution in [-0.4, -0.2) is 41.7 Å². The van der Waals surface area contributed by atoms with Crippen LogP contribution in [0.1, 0.15) is 89.7 Å². The number of rotatable bonds is 16. The van der Waals surface area contributed by atoms with Gasteiger partial charge in [-0.25, -0.2) is 0 Å². The summed E-state index contributed by atoms with van der Waals surface area (Å²) < 4.78 is 5.17. The zero-order valence-electron chi connectivity index (χ0n) is 17.6. The largest absolute Gasteiger partial charge is 0.502 e. The molecular formula is C21H39N3O3. The molecule has 0 spiro atoms. The predicted octanol–water partition coefficient (Wildman–Crippen LogP) is 5.12. The molecule has 156 valence electrons. The lowest BCUT2D eigenvalue weighted by atomic mass is 10.0. The average molecular weight is 382 g/mol. The van der Waals surface area contributed by atoms with Crippen molar-refractivity contribution in [1.82, 2.24) is 10.1 Å². The lowest BCUT2D eigenvalue weighted by Crippen LogP contribution is -2.27. The number of carbonyl (C=O) groups excluding carboxylic acids is 1. The van der Waals surface area contributed by atoms with Gasteiger partial charge in [-0.15, -0.1) is 0 Å². The van der Waals surface area contributed by atoms with E-state index in [-0.39, 0.29) is 24.0 Å². The maximum Gasteiger partial charge on any atom is 0.239 e. The number of aromatic hydroxyl groups is 1. The fraction of sp³-hybridized carbons (Fsp3) is 0.810. The smallest absolute Gasteiger partial charge is 0.239 e. The van der Waals surface area contributed by atoms with Gasteiger partial charge in [-0.1, -0.05) is 82.7 Å². The fourth-order valence-corrected chi connectivity index (χ4v) is 3.15. The quantitative estimate of drug-likeness (QED) is 0.388. The topological polar surface area (TPSA) is 78.6 Å². The second kappa shape index (κ2) is 14.5. The molecule has 6 nitrogen and oxygen atoms in total. The van der Waals surface area contributed by atoms with Crippen LogP contribution in [0, 0.1) is 0 Å². The Hall–Kier alpha value is -1.56. The van der Waals surface area contributed by atoms with Crippen molar-refractivity contribution < 1.29 is 14.4 Å². The first kappa shape index (κ1) is 23.5. The molecule has 1 heterocycles. The maximum atomic E-state index is 11.7. The van der Waals surface area contributed by atoms with Gasteiger partial charge in [-0.05, 0) is 20.5 Å². The SMILES string of the molecule is CCCCCCCCCCCCCCc1onc(NC(=O)CN(C)C)c1O. The summed E-state index contributed by atoms with van der Waals surface area (Å²) in [6.07, 6.45) is 16.2. The van der Waals surface area contributed by atoms with Gasteiger partial charge < -0.3 is 19.8 Å². The summed E-state index contributed by atoms with van der Waals surface area (Å²) in [5.41, 5.74) is 0. The van der Waals surface area contributed by atoms with Gasteiger partial charge in [0.15, 0.2) is 5.76 Å². The second-order valence-corrected chi connectivity index (χ2v) is 7.73. The monoisotopic (exact) mass is 381 g/mol. The Morgan fingerprint density at radius 1 is 0.963 bits per heavy atom. The molecule has 27 heavy (non-hydrogen) atoms. The molecule has 0 bridgehead atoms. The number of hydrogen-bond acceptors (Lipinski definition) is 5. The highest BCUT2D eigenvalue weighted by molar-refractivity contribution is 5.92. The third-order valence-electron chi connectivity index (χ3n) is 4.71. The van der Waals surface area contributed by atoms with E-state index in [1.165, 1.54) is 64.2 Å². The van der Waals surface area contributed by atoms with E-state index in [9.17, 15) is 9.90 Å². The van der Waals surface area contributed by atoms with Crippen LogP contribution in [0.5, 0.6) is 5.75 Å². The third kappa shape index (κ3) is 11.0. The first-order valence-electron chi connectivity index (χ1n) is 10.7. The van der Waals surface area contributed by atoms with E-state index in [1.54, 1.807) is 19.0 Å². The number of amides is 1. The average Bonchev–Trinajstić information content (AvgIpc) is 2.95. The normalized spacial score (nSPS) is 11.3. The van der Waals surface area contributed by atoms with Crippen molar-refractivity contribution >= 4 is 11.7 Å². The lowest BCUT2D eigenvalue weighted by Gasteiger charge is -2.08. The Bertz CT molecular complexity index is 515. The molecule has 0 radical (unpaired) electrons. The Labute approximate surface area is 164 Å². The van der Waals surface area contributed by atoms with Gasteiger partial charge in [0.2, 0.25) is 17.5 Å². The van der Waals surface area contributed by atoms with Crippen molar-refractivity contribution in [3.05, 3.63) is 5.76 Å². The predicted molar refractivity (Wildman–Crippen MR) is 110 cm³/mol. The number of unbranched alkanes of at least 4 members (excludes halogenated alkanes) is 11. The molecule has 0 aromatic carbocycles. The van der Waals surface area contributed by atoms with E-state index in [0.29, 0.717) is 12.2 Å². The van der Waals surface area contributed by atoms with Crippen LogP contribution in [0.3, 0.4) is 0 Å². The molecule has 0 aliphatic heterocycles. The van der Waals surface area contributed by atoms with Crippen molar-refractivity contribution in [2.45, 2.75) is 90.4 Å². The van der Waals surface area contributed by atoms with Crippen molar-refractivity contribution in [3.8, 4) is 5.75 Å². The summed E-state index contributed by atoms with van der Waals surface area (Å²) in [6, 6.07) is 0. The highest BCUT2D eigenvalue weighted by Gasteiger charge is 2.17. The van der Waals surface area contributed by atoms with Crippen molar-refractivity contribution in [2.75, 3.05) is 26.0 Å². The molecule has 6 heteroatoms. The number of aromatic nitrogens is 1. The Morgan fingerprint density at radius 3 is 2.00 bits per heavy atom. The molecule has 1 aromatic heterocycles. The van der Waals surface area contributed by atoms with Crippen molar-refractivity contribution in [3.63, 3.8) is 0 Å². The number of carbonyl (C=O) groups is 1. The summed E-state index contributed by atoms with van der Waals surface area (Å²) in [7, 11) is 3.61. The van der Waals surface area contributed by atoms with Gasteiger partial charge in [0.25, 0.3) is 0 Å². The number of aryl methyl sites for hydroxylation is 1. The molecule has 0 aliphatic rings.